The standard InChI is InChI=1S/C15H16N4O/c1-11-9-14(19(2)7-8-20)18-15(17-11)13-5-3-12(10-16)4-6-13/h3-6,9,20H,7-8H2,1-2H3. The molecule has 0 spiro atoms. The zero-order valence-electron chi connectivity index (χ0n) is 11.5. The van der Waals surface area contributed by atoms with Crippen LogP contribution in [0, 0.1) is 18.3 Å². The Kier molecular flexibility index (Phi) is 4.28. The third-order valence-electron chi connectivity index (χ3n) is 2.94. The zero-order chi connectivity index (χ0) is 14.5. The number of nitrogens with zero attached hydrogens (tertiary/aromatic N) is 4. The smallest absolute Gasteiger partial charge is 0.161 e. The fourth-order valence-electron chi connectivity index (χ4n) is 1.83. The summed E-state index contributed by atoms with van der Waals surface area (Å²) in [4.78, 5) is 10.8. The maximum atomic E-state index is 9.00. The first-order chi connectivity index (χ1) is 9.63. The normalized spacial score (nSPS) is 10.1. The summed E-state index contributed by atoms with van der Waals surface area (Å²) in [5.74, 6) is 1.39. The van der Waals surface area contributed by atoms with Crippen molar-refractivity contribution in [1.82, 2.24) is 9.97 Å². The largest absolute Gasteiger partial charge is 0.395 e. The summed E-state index contributed by atoms with van der Waals surface area (Å²) in [6.07, 6.45) is 0. The number of aliphatic hydroxyl groups excluding tert-OH is 1. The molecule has 0 unspecified atom stereocenters. The average Bonchev–Trinajstić information content (AvgIpc) is 2.47. The lowest BCUT2D eigenvalue weighted by Crippen LogP contribution is -2.22. The highest BCUT2D eigenvalue weighted by Crippen LogP contribution is 2.19. The number of aromatic nitrogens is 2. The van der Waals surface area contributed by atoms with Crippen molar-refractivity contribution >= 4 is 5.82 Å². The minimum atomic E-state index is 0.0751. The van der Waals surface area contributed by atoms with Crippen LogP contribution in [0.2, 0.25) is 0 Å². The summed E-state index contributed by atoms with van der Waals surface area (Å²) in [5.41, 5.74) is 2.34. The zero-order valence-corrected chi connectivity index (χ0v) is 11.5. The van der Waals surface area contributed by atoms with Crippen molar-refractivity contribution in [3.05, 3.63) is 41.6 Å². The van der Waals surface area contributed by atoms with Gasteiger partial charge in [-0.1, -0.05) is 0 Å². The van der Waals surface area contributed by atoms with E-state index in [4.69, 9.17) is 10.4 Å². The number of aliphatic hydroxyl groups is 1. The number of aryl methyl sites for hydroxylation is 1. The van der Waals surface area contributed by atoms with Crippen molar-refractivity contribution in [3.8, 4) is 17.5 Å². The fraction of sp³-hybridized carbons (Fsp3) is 0.267. The van der Waals surface area contributed by atoms with Gasteiger partial charge in [0.15, 0.2) is 5.82 Å². The molecule has 20 heavy (non-hydrogen) atoms. The Hall–Kier alpha value is -2.45. The molecule has 5 nitrogen and oxygen atoms in total. The summed E-state index contributed by atoms with van der Waals surface area (Å²) in [6, 6.07) is 11.1. The lowest BCUT2D eigenvalue weighted by atomic mass is 10.1. The molecular weight excluding hydrogens is 252 g/mol. The number of hydrogen-bond donors (Lipinski definition) is 1. The molecule has 2 rings (SSSR count). The van der Waals surface area contributed by atoms with Gasteiger partial charge in [-0.2, -0.15) is 5.26 Å². The number of nitriles is 1. The lowest BCUT2D eigenvalue weighted by molar-refractivity contribution is 0.304. The van der Waals surface area contributed by atoms with Crippen LogP contribution in [0.15, 0.2) is 30.3 Å². The van der Waals surface area contributed by atoms with Crippen LogP contribution in [0.3, 0.4) is 0 Å². The van der Waals surface area contributed by atoms with Gasteiger partial charge in [-0.25, -0.2) is 9.97 Å². The summed E-state index contributed by atoms with van der Waals surface area (Å²) >= 11 is 0. The molecule has 0 amide bonds. The van der Waals surface area contributed by atoms with Crippen LogP contribution in [0.5, 0.6) is 0 Å². The second-order valence-electron chi connectivity index (χ2n) is 4.53. The first-order valence-electron chi connectivity index (χ1n) is 6.32. The summed E-state index contributed by atoms with van der Waals surface area (Å²) in [6.45, 7) is 2.50. The molecule has 0 atom stereocenters. The highest BCUT2D eigenvalue weighted by Gasteiger charge is 2.08. The van der Waals surface area contributed by atoms with Crippen molar-refractivity contribution < 1.29 is 5.11 Å². The third-order valence-corrected chi connectivity index (χ3v) is 2.94. The molecule has 0 aliphatic rings. The van der Waals surface area contributed by atoms with Crippen LogP contribution < -0.4 is 4.90 Å². The van der Waals surface area contributed by atoms with Crippen molar-refractivity contribution in [1.29, 1.82) is 5.26 Å². The van der Waals surface area contributed by atoms with E-state index in [0.29, 0.717) is 17.9 Å². The second-order valence-corrected chi connectivity index (χ2v) is 4.53. The quantitative estimate of drug-likeness (QED) is 0.914. The van der Waals surface area contributed by atoms with Crippen molar-refractivity contribution in [2.75, 3.05) is 25.1 Å². The van der Waals surface area contributed by atoms with E-state index in [1.165, 1.54) is 0 Å². The van der Waals surface area contributed by atoms with Crippen LogP contribution in [0.1, 0.15) is 11.3 Å². The number of rotatable bonds is 4. The Morgan fingerprint density at radius 1 is 1.25 bits per heavy atom. The topological polar surface area (TPSA) is 73.0 Å². The number of benzene rings is 1. The van der Waals surface area contributed by atoms with Crippen LogP contribution in [0.4, 0.5) is 5.82 Å². The Bertz CT molecular complexity index is 631. The van der Waals surface area contributed by atoms with Gasteiger partial charge in [0.2, 0.25) is 0 Å². The van der Waals surface area contributed by atoms with Gasteiger partial charge in [0.1, 0.15) is 5.82 Å². The molecule has 0 radical (unpaired) electrons. The Morgan fingerprint density at radius 3 is 2.55 bits per heavy atom. The van der Waals surface area contributed by atoms with Crippen molar-refractivity contribution in [2.24, 2.45) is 0 Å². The van der Waals surface area contributed by atoms with E-state index in [9.17, 15) is 0 Å². The Balaban J connectivity index is 2.38. The van der Waals surface area contributed by atoms with Crippen molar-refractivity contribution in [3.63, 3.8) is 0 Å². The molecular formula is C15H16N4O. The monoisotopic (exact) mass is 268 g/mol. The predicted octanol–water partition coefficient (Wildman–Crippen LogP) is 1.75. The molecule has 102 valence electrons. The summed E-state index contributed by atoms with van der Waals surface area (Å²) in [7, 11) is 1.88. The lowest BCUT2D eigenvalue weighted by Gasteiger charge is -2.17. The molecule has 0 saturated heterocycles. The molecule has 0 fully saturated rings. The molecule has 1 heterocycles. The number of hydrogen-bond acceptors (Lipinski definition) is 5. The molecule has 1 aromatic carbocycles. The van der Waals surface area contributed by atoms with Crippen LogP contribution in [0.25, 0.3) is 11.4 Å². The number of anilines is 1. The van der Waals surface area contributed by atoms with E-state index >= 15 is 0 Å². The molecule has 0 aliphatic heterocycles. The highest BCUT2D eigenvalue weighted by atomic mass is 16.3. The van der Waals surface area contributed by atoms with E-state index < -0.39 is 0 Å². The minimum Gasteiger partial charge on any atom is -0.395 e. The first-order valence-corrected chi connectivity index (χ1v) is 6.32. The van der Waals surface area contributed by atoms with Crippen LogP contribution >= 0.6 is 0 Å². The first kappa shape index (κ1) is 14.0. The highest BCUT2D eigenvalue weighted by molar-refractivity contribution is 5.59. The molecule has 0 bridgehead atoms. The fourth-order valence-corrected chi connectivity index (χ4v) is 1.83. The predicted molar refractivity (Wildman–Crippen MR) is 77.3 cm³/mol. The van der Waals surface area contributed by atoms with Gasteiger partial charge >= 0.3 is 0 Å². The molecule has 2 aromatic rings. The van der Waals surface area contributed by atoms with E-state index in [2.05, 4.69) is 16.0 Å². The molecule has 1 aromatic heterocycles. The molecule has 1 N–H and O–H groups in total. The van der Waals surface area contributed by atoms with Crippen LogP contribution in [-0.2, 0) is 0 Å². The maximum absolute atomic E-state index is 9.00. The van der Waals surface area contributed by atoms with Crippen LogP contribution in [-0.4, -0.2) is 35.3 Å². The van der Waals surface area contributed by atoms with Crippen molar-refractivity contribution in [2.45, 2.75) is 6.92 Å². The average molecular weight is 268 g/mol. The summed E-state index contributed by atoms with van der Waals surface area (Å²) < 4.78 is 0. The van der Waals surface area contributed by atoms with Gasteiger partial charge in [0.25, 0.3) is 0 Å². The van der Waals surface area contributed by atoms with E-state index in [1.54, 1.807) is 12.1 Å². The van der Waals surface area contributed by atoms with Gasteiger partial charge in [-0.15, -0.1) is 0 Å². The Labute approximate surface area is 118 Å². The minimum absolute atomic E-state index is 0.0751. The SMILES string of the molecule is Cc1cc(N(C)CCO)nc(-c2ccc(C#N)cc2)n1. The van der Waals surface area contributed by atoms with Gasteiger partial charge < -0.3 is 10.0 Å². The molecule has 0 saturated carbocycles. The van der Waals surface area contributed by atoms with Gasteiger partial charge in [-0.05, 0) is 31.2 Å². The summed E-state index contributed by atoms with van der Waals surface area (Å²) in [5, 5.41) is 17.8. The molecule has 0 aliphatic carbocycles. The van der Waals surface area contributed by atoms with E-state index in [0.717, 1.165) is 17.1 Å². The molecule has 5 heteroatoms. The van der Waals surface area contributed by atoms with Gasteiger partial charge in [0.05, 0.1) is 18.2 Å². The van der Waals surface area contributed by atoms with E-state index in [1.807, 2.05) is 37.1 Å². The third kappa shape index (κ3) is 3.11. The van der Waals surface area contributed by atoms with E-state index in [-0.39, 0.29) is 6.61 Å². The van der Waals surface area contributed by atoms with Gasteiger partial charge in [0, 0.05) is 30.9 Å². The van der Waals surface area contributed by atoms with Gasteiger partial charge in [-0.3, -0.25) is 0 Å². The number of likely N-dealkylation sites (N-methyl/N-ethyl adjacent to an activating group) is 1. The Morgan fingerprint density at radius 2 is 1.95 bits per heavy atom. The second kappa shape index (κ2) is 6.13. The maximum Gasteiger partial charge on any atom is 0.161 e.